The minimum atomic E-state index is -4.83. The van der Waals surface area contributed by atoms with Gasteiger partial charge in [-0.3, -0.25) is 4.79 Å². The molecule has 0 radical (unpaired) electrons. The van der Waals surface area contributed by atoms with E-state index in [1.165, 1.54) is 29.5 Å². The maximum atomic E-state index is 13.5. The molecule has 0 saturated heterocycles. The van der Waals surface area contributed by atoms with Gasteiger partial charge in [-0.15, -0.1) is 21.5 Å². The van der Waals surface area contributed by atoms with Crippen LogP contribution in [0.4, 0.5) is 13.2 Å². The molecule has 17 heteroatoms. The lowest BCUT2D eigenvalue weighted by Gasteiger charge is -2.24. The number of nitrogens with zero attached hydrogens (tertiary/aromatic N) is 4. The third kappa shape index (κ3) is 6.60. The van der Waals surface area contributed by atoms with Gasteiger partial charge in [0.15, 0.2) is 5.01 Å². The van der Waals surface area contributed by atoms with Crippen molar-refractivity contribution < 1.29 is 35.9 Å². The fourth-order valence-electron chi connectivity index (χ4n) is 3.45. The maximum absolute atomic E-state index is 13.5. The Bertz CT molecular complexity index is 1520. The molecule has 0 aliphatic heterocycles. The molecule has 0 spiro atoms. The normalized spacial score (nSPS) is 13.6. The van der Waals surface area contributed by atoms with E-state index in [9.17, 15) is 31.5 Å². The summed E-state index contributed by atoms with van der Waals surface area (Å²) < 4.78 is 71.4. The number of hydrogen-bond donors (Lipinski definition) is 2. The summed E-state index contributed by atoms with van der Waals surface area (Å²) >= 11 is 13.6. The number of nitrogens with one attached hydrogen (secondary N) is 1. The van der Waals surface area contributed by atoms with Crippen molar-refractivity contribution in [2.75, 3.05) is 6.54 Å². The summed E-state index contributed by atoms with van der Waals surface area (Å²) in [6.07, 6.45) is -4.83. The highest BCUT2D eigenvalue weighted by Gasteiger charge is 2.40. The number of amides is 1. The molecule has 1 amide bonds. The van der Waals surface area contributed by atoms with Crippen molar-refractivity contribution in [3.8, 4) is 21.3 Å². The molecule has 10 nitrogen and oxygen atoms in total. The van der Waals surface area contributed by atoms with Crippen molar-refractivity contribution in [3.05, 3.63) is 33.8 Å². The number of alkyl halides is 3. The van der Waals surface area contributed by atoms with Crippen LogP contribution in [0.25, 0.3) is 21.3 Å². The average Bonchev–Trinajstić information content (AvgIpc) is 3.47. The summed E-state index contributed by atoms with van der Waals surface area (Å²) in [5.41, 5.74) is -1.42. The third-order valence-corrected chi connectivity index (χ3v) is 9.24. The molecule has 0 aliphatic rings. The number of aromatic nitrogens is 3. The molecular formula is C23H26Cl2F3N5O5S2. The molecule has 0 bridgehead atoms. The van der Waals surface area contributed by atoms with Gasteiger partial charge in [0.25, 0.3) is 11.8 Å². The van der Waals surface area contributed by atoms with Crippen molar-refractivity contribution >= 4 is 50.5 Å². The Labute approximate surface area is 242 Å². The summed E-state index contributed by atoms with van der Waals surface area (Å²) in [4.78, 5) is 19.0. The van der Waals surface area contributed by atoms with Gasteiger partial charge < -0.3 is 14.4 Å². The van der Waals surface area contributed by atoms with Gasteiger partial charge in [0, 0.05) is 18.2 Å². The highest BCUT2D eigenvalue weighted by atomic mass is 35.5. The lowest BCUT2D eigenvalue weighted by molar-refractivity contribution is -0.147. The highest BCUT2D eigenvalue weighted by molar-refractivity contribution is 7.89. The van der Waals surface area contributed by atoms with Crippen LogP contribution in [-0.4, -0.2) is 64.3 Å². The summed E-state index contributed by atoms with van der Waals surface area (Å²) in [5.74, 6) is -0.677. The molecule has 0 saturated carbocycles. The first-order chi connectivity index (χ1) is 18.3. The number of hydrogen-bond acceptors (Lipinski definition) is 9. The molecule has 2 aromatic heterocycles. The number of thiazole rings is 1. The summed E-state index contributed by atoms with van der Waals surface area (Å²) in [5, 5.41) is 17.1. The van der Waals surface area contributed by atoms with Gasteiger partial charge in [-0.05, 0) is 47.6 Å². The minimum Gasteiger partial charge on any atom is -0.415 e. The van der Waals surface area contributed by atoms with Crippen LogP contribution in [0.5, 0.6) is 0 Å². The Balaban J connectivity index is 2.19. The van der Waals surface area contributed by atoms with E-state index >= 15 is 0 Å². The first-order valence-electron chi connectivity index (χ1n) is 11.8. The third-order valence-electron chi connectivity index (χ3n) is 5.59. The van der Waals surface area contributed by atoms with E-state index in [2.05, 4.69) is 15.2 Å². The molecule has 2 heterocycles. The number of carbonyl (C=O) groups excluding carboxylic acids is 1. The Hall–Kier alpha value is -2.30. The number of aliphatic hydroxyl groups is 1. The van der Waals surface area contributed by atoms with Gasteiger partial charge in [-0.1, -0.05) is 29.3 Å². The van der Waals surface area contributed by atoms with Gasteiger partial charge in [-0.25, -0.2) is 13.4 Å². The maximum Gasteiger partial charge on any atom is 0.404 e. The second-order valence-corrected chi connectivity index (χ2v) is 12.9. The zero-order valence-electron chi connectivity index (χ0n) is 22.1. The molecule has 0 fully saturated rings. The lowest BCUT2D eigenvalue weighted by atomic mass is 10.1. The fourth-order valence-corrected chi connectivity index (χ4v) is 6.61. The molecule has 1 atom stereocenters. The van der Waals surface area contributed by atoms with Gasteiger partial charge in [-0.2, -0.15) is 17.9 Å². The zero-order valence-corrected chi connectivity index (χ0v) is 25.2. The van der Waals surface area contributed by atoms with E-state index in [1.54, 1.807) is 20.8 Å². The molecule has 0 aliphatic carbocycles. The van der Waals surface area contributed by atoms with Crippen LogP contribution in [0, 0.1) is 0 Å². The molecule has 40 heavy (non-hydrogen) atoms. The van der Waals surface area contributed by atoms with Crippen LogP contribution in [0.1, 0.15) is 57.9 Å². The van der Waals surface area contributed by atoms with Gasteiger partial charge in [0.1, 0.15) is 22.2 Å². The minimum absolute atomic E-state index is 0.0732. The van der Waals surface area contributed by atoms with Crippen LogP contribution >= 0.6 is 34.5 Å². The van der Waals surface area contributed by atoms with E-state index in [4.69, 9.17) is 27.6 Å². The number of carbonyl (C=O) groups is 1. The zero-order chi connectivity index (χ0) is 30.4. The number of benzene rings is 1. The van der Waals surface area contributed by atoms with Crippen molar-refractivity contribution in [2.45, 2.75) is 70.3 Å². The standard InChI is InChI=1S/C23H26Cl2F3N5O5S2/c1-7-33(10(2)3)20(34)16-17(39-19(29-16)18-30-31-21(38-18)22(5,6)35)12-8-9-13(15(25)14(12)24)40(36,37)32-11(4)23(26,27)28/h8-11,32,35H,7H2,1-6H3/t11-/m0/s1. The van der Waals surface area contributed by atoms with Crippen molar-refractivity contribution in [2.24, 2.45) is 0 Å². The van der Waals surface area contributed by atoms with Gasteiger partial charge in [0.2, 0.25) is 15.9 Å². The van der Waals surface area contributed by atoms with E-state index in [1.807, 2.05) is 0 Å². The van der Waals surface area contributed by atoms with Crippen LogP contribution < -0.4 is 4.72 Å². The second-order valence-electron chi connectivity index (χ2n) is 9.48. The monoisotopic (exact) mass is 643 g/mol. The average molecular weight is 645 g/mol. The number of sulfonamides is 1. The topological polar surface area (TPSA) is 139 Å². The van der Waals surface area contributed by atoms with Gasteiger partial charge in [0.05, 0.1) is 14.9 Å². The van der Waals surface area contributed by atoms with Crippen molar-refractivity contribution in [3.63, 3.8) is 0 Å². The number of rotatable bonds is 9. The molecule has 220 valence electrons. The number of halogens is 5. The largest absolute Gasteiger partial charge is 0.415 e. The van der Waals surface area contributed by atoms with Crippen molar-refractivity contribution in [1.82, 2.24) is 24.8 Å². The Morgan fingerprint density at radius 3 is 2.30 bits per heavy atom. The molecular weight excluding hydrogens is 618 g/mol. The van der Waals surface area contributed by atoms with Crippen LogP contribution in [0.2, 0.25) is 10.0 Å². The lowest BCUT2D eigenvalue weighted by Crippen LogP contribution is -2.43. The Kier molecular flexibility index (Phi) is 9.28. The quantitative estimate of drug-likeness (QED) is 0.312. The predicted molar refractivity (Wildman–Crippen MR) is 144 cm³/mol. The fraction of sp³-hybridized carbons (Fsp3) is 0.478. The summed E-state index contributed by atoms with van der Waals surface area (Å²) in [7, 11) is -4.73. The molecule has 3 rings (SSSR count). The molecule has 0 unspecified atom stereocenters. The van der Waals surface area contributed by atoms with Gasteiger partial charge >= 0.3 is 6.18 Å². The highest BCUT2D eigenvalue weighted by Crippen LogP contribution is 2.43. The van der Waals surface area contributed by atoms with Crippen LogP contribution in [-0.2, 0) is 15.6 Å². The molecule has 2 N–H and O–H groups in total. The molecule has 3 aromatic rings. The first-order valence-corrected chi connectivity index (χ1v) is 14.8. The molecule has 1 aromatic carbocycles. The Morgan fingerprint density at radius 1 is 1.18 bits per heavy atom. The summed E-state index contributed by atoms with van der Waals surface area (Å²) in [6, 6.07) is -0.396. The van der Waals surface area contributed by atoms with Crippen molar-refractivity contribution in [1.29, 1.82) is 0 Å². The van der Waals surface area contributed by atoms with Crippen LogP contribution in [0.3, 0.4) is 0 Å². The van der Waals surface area contributed by atoms with E-state index in [0.717, 1.165) is 17.4 Å². The second kappa shape index (κ2) is 11.5. The van der Waals surface area contributed by atoms with E-state index < -0.39 is 43.7 Å². The first kappa shape index (κ1) is 32.2. The van der Waals surface area contributed by atoms with E-state index in [-0.39, 0.29) is 44.0 Å². The predicted octanol–water partition coefficient (Wildman–Crippen LogP) is 5.49. The smallest absolute Gasteiger partial charge is 0.404 e. The van der Waals surface area contributed by atoms with Crippen LogP contribution in [0.15, 0.2) is 21.4 Å². The SMILES string of the molecule is CCN(C(=O)c1nc(-c2nnc(C(C)(C)O)o2)sc1-c1ccc(S(=O)(=O)N[C@@H](C)C(F)(F)F)c(Cl)c1Cl)C(C)C. The Morgan fingerprint density at radius 2 is 1.80 bits per heavy atom. The summed E-state index contributed by atoms with van der Waals surface area (Å²) in [6.45, 7) is 9.25. The van der Waals surface area contributed by atoms with E-state index in [0.29, 0.717) is 13.5 Å².